The van der Waals surface area contributed by atoms with Gasteiger partial charge in [-0.25, -0.2) is 4.98 Å². The Bertz CT molecular complexity index is 403. The van der Waals surface area contributed by atoms with Gasteiger partial charge in [-0.1, -0.05) is 12.1 Å². The number of thiazole rings is 1. The van der Waals surface area contributed by atoms with Crippen LogP contribution in [0.4, 0.5) is 0 Å². The SMILES string of the molecule is O=CCCCc1nc2ccccc2s1. The van der Waals surface area contributed by atoms with Gasteiger partial charge in [-0.05, 0) is 25.0 Å². The molecule has 0 aliphatic heterocycles. The van der Waals surface area contributed by atoms with Crippen LogP contribution in [0.3, 0.4) is 0 Å². The summed E-state index contributed by atoms with van der Waals surface area (Å²) < 4.78 is 1.23. The minimum absolute atomic E-state index is 0.635. The summed E-state index contributed by atoms with van der Waals surface area (Å²) in [7, 11) is 0. The van der Waals surface area contributed by atoms with E-state index in [2.05, 4.69) is 11.1 Å². The van der Waals surface area contributed by atoms with Crippen LogP contribution in [0.25, 0.3) is 10.2 Å². The second-order valence-electron chi connectivity index (χ2n) is 3.13. The summed E-state index contributed by atoms with van der Waals surface area (Å²) in [4.78, 5) is 14.6. The highest BCUT2D eigenvalue weighted by molar-refractivity contribution is 7.18. The topological polar surface area (TPSA) is 30.0 Å². The summed E-state index contributed by atoms with van der Waals surface area (Å²) in [5.74, 6) is 0. The van der Waals surface area contributed by atoms with Crippen LogP contribution in [0.1, 0.15) is 17.8 Å². The summed E-state index contributed by atoms with van der Waals surface area (Å²) in [6.07, 6.45) is 3.42. The number of unbranched alkanes of at least 4 members (excludes halogenated alkanes) is 1. The van der Waals surface area contributed by atoms with Gasteiger partial charge in [0.2, 0.25) is 0 Å². The molecule has 0 unspecified atom stereocenters. The lowest BCUT2D eigenvalue weighted by Gasteiger charge is -1.89. The Morgan fingerprint density at radius 1 is 1.36 bits per heavy atom. The van der Waals surface area contributed by atoms with E-state index in [-0.39, 0.29) is 0 Å². The lowest BCUT2D eigenvalue weighted by molar-refractivity contribution is -0.107. The van der Waals surface area contributed by atoms with Gasteiger partial charge in [-0.15, -0.1) is 11.3 Å². The Morgan fingerprint density at radius 3 is 3.00 bits per heavy atom. The molecule has 14 heavy (non-hydrogen) atoms. The Hall–Kier alpha value is -1.22. The predicted octanol–water partition coefficient (Wildman–Crippen LogP) is 2.82. The zero-order chi connectivity index (χ0) is 9.80. The number of para-hydroxylation sites is 1. The average molecular weight is 205 g/mol. The normalized spacial score (nSPS) is 10.6. The van der Waals surface area contributed by atoms with Crippen LogP contribution >= 0.6 is 11.3 Å². The number of hydrogen-bond donors (Lipinski definition) is 0. The lowest BCUT2D eigenvalue weighted by Crippen LogP contribution is -1.83. The van der Waals surface area contributed by atoms with Crippen molar-refractivity contribution in [2.45, 2.75) is 19.3 Å². The molecule has 0 saturated heterocycles. The van der Waals surface area contributed by atoms with E-state index < -0.39 is 0 Å². The molecule has 0 amide bonds. The van der Waals surface area contributed by atoms with E-state index in [1.165, 1.54) is 4.70 Å². The molecule has 0 aliphatic carbocycles. The van der Waals surface area contributed by atoms with E-state index in [4.69, 9.17) is 0 Å². The molecule has 0 atom stereocenters. The van der Waals surface area contributed by atoms with E-state index in [9.17, 15) is 4.79 Å². The van der Waals surface area contributed by atoms with Gasteiger partial charge < -0.3 is 4.79 Å². The Labute approximate surface area is 86.6 Å². The fourth-order valence-corrected chi connectivity index (χ4v) is 2.37. The third-order valence-corrected chi connectivity index (χ3v) is 3.15. The van der Waals surface area contributed by atoms with E-state index in [1.807, 2.05) is 18.2 Å². The van der Waals surface area contributed by atoms with Gasteiger partial charge in [0.05, 0.1) is 15.2 Å². The fraction of sp³-hybridized carbons (Fsp3) is 0.273. The highest BCUT2D eigenvalue weighted by Gasteiger charge is 2.01. The summed E-state index contributed by atoms with van der Waals surface area (Å²) in [6.45, 7) is 0. The van der Waals surface area contributed by atoms with Crippen LogP contribution in [0, 0.1) is 0 Å². The molecule has 3 heteroatoms. The van der Waals surface area contributed by atoms with Crippen molar-refractivity contribution in [2.24, 2.45) is 0 Å². The van der Waals surface area contributed by atoms with Crippen molar-refractivity contribution in [1.29, 1.82) is 0 Å². The second kappa shape index (κ2) is 4.33. The van der Waals surface area contributed by atoms with Gasteiger partial charge >= 0.3 is 0 Å². The van der Waals surface area contributed by atoms with Crippen molar-refractivity contribution in [3.05, 3.63) is 29.3 Å². The molecule has 0 fully saturated rings. The molecule has 0 bridgehead atoms. The van der Waals surface area contributed by atoms with Crippen LogP contribution in [0.2, 0.25) is 0 Å². The lowest BCUT2D eigenvalue weighted by atomic mass is 10.2. The first kappa shape index (κ1) is 9.34. The Morgan fingerprint density at radius 2 is 2.21 bits per heavy atom. The molecule has 2 nitrogen and oxygen atoms in total. The van der Waals surface area contributed by atoms with Gasteiger partial charge in [0.1, 0.15) is 6.29 Å². The number of carbonyl (C=O) groups is 1. The maximum absolute atomic E-state index is 10.2. The number of nitrogens with zero attached hydrogens (tertiary/aromatic N) is 1. The van der Waals surface area contributed by atoms with Gasteiger partial charge in [0.15, 0.2) is 0 Å². The zero-order valence-electron chi connectivity index (χ0n) is 7.77. The number of aldehydes is 1. The maximum atomic E-state index is 10.2. The van der Waals surface area contributed by atoms with Crippen LogP contribution < -0.4 is 0 Å². The molecule has 0 aliphatic rings. The number of aryl methyl sites for hydroxylation is 1. The summed E-state index contributed by atoms with van der Waals surface area (Å²) in [6, 6.07) is 8.12. The van der Waals surface area contributed by atoms with Crippen LogP contribution in [-0.2, 0) is 11.2 Å². The quantitative estimate of drug-likeness (QED) is 0.567. The highest BCUT2D eigenvalue weighted by Crippen LogP contribution is 2.22. The number of carbonyl (C=O) groups excluding carboxylic acids is 1. The molecule has 2 aromatic rings. The predicted molar refractivity (Wildman–Crippen MR) is 58.6 cm³/mol. The minimum Gasteiger partial charge on any atom is -0.303 e. The van der Waals surface area contributed by atoms with Crippen molar-refractivity contribution < 1.29 is 4.79 Å². The van der Waals surface area contributed by atoms with Gasteiger partial charge in [-0.2, -0.15) is 0 Å². The molecule has 72 valence electrons. The van der Waals surface area contributed by atoms with E-state index in [0.717, 1.165) is 29.7 Å². The van der Waals surface area contributed by atoms with Crippen LogP contribution in [-0.4, -0.2) is 11.3 Å². The summed E-state index contributed by atoms with van der Waals surface area (Å²) in [5, 5.41) is 1.13. The number of fused-ring (bicyclic) bond motifs is 1. The second-order valence-corrected chi connectivity index (χ2v) is 4.25. The molecule has 1 aromatic carbocycles. The first-order valence-corrected chi connectivity index (χ1v) is 5.50. The molecular formula is C11H11NOS. The van der Waals surface area contributed by atoms with Crippen molar-refractivity contribution in [3.8, 4) is 0 Å². The maximum Gasteiger partial charge on any atom is 0.120 e. The van der Waals surface area contributed by atoms with Crippen LogP contribution in [0.5, 0.6) is 0 Å². The molecule has 0 N–H and O–H groups in total. The molecule has 0 radical (unpaired) electrons. The number of rotatable bonds is 4. The Kier molecular flexibility index (Phi) is 2.89. The third-order valence-electron chi connectivity index (χ3n) is 2.05. The summed E-state index contributed by atoms with van der Waals surface area (Å²) >= 11 is 1.72. The van der Waals surface area contributed by atoms with Gasteiger partial charge in [-0.3, -0.25) is 0 Å². The van der Waals surface area contributed by atoms with E-state index in [0.29, 0.717) is 6.42 Å². The third kappa shape index (κ3) is 1.99. The largest absolute Gasteiger partial charge is 0.303 e. The molecule has 0 saturated carbocycles. The van der Waals surface area contributed by atoms with E-state index in [1.54, 1.807) is 11.3 Å². The fourth-order valence-electron chi connectivity index (χ4n) is 1.36. The molecule has 2 rings (SSSR count). The highest BCUT2D eigenvalue weighted by atomic mass is 32.1. The standard InChI is InChI=1S/C11H11NOS/c13-8-4-3-7-11-12-9-5-1-2-6-10(9)14-11/h1-2,5-6,8H,3-4,7H2. The molecular weight excluding hydrogens is 194 g/mol. The molecule has 1 heterocycles. The number of aromatic nitrogens is 1. The minimum atomic E-state index is 0.635. The smallest absolute Gasteiger partial charge is 0.120 e. The van der Waals surface area contributed by atoms with Crippen molar-refractivity contribution in [1.82, 2.24) is 4.98 Å². The van der Waals surface area contributed by atoms with Crippen molar-refractivity contribution in [3.63, 3.8) is 0 Å². The molecule has 1 aromatic heterocycles. The molecule has 0 spiro atoms. The first-order chi connectivity index (χ1) is 6.90. The van der Waals surface area contributed by atoms with Crippen LogP contribution in [0.15, 0.2) is 24.3 Å². The van der Waals surface area contributed by atoms with Gasteiger partial charge in [0.25, 0.3) is 0 Å². The van der Waals surface area contributed by atoms with E-state index >= 15 is 0 Å². The zero-order valence-corrected chi connectivity index (χ0v) is 8.59. The monoisotopic (exact) mass is 205 g/mol. The first-order valence-electron chi connectivity index (χ1n) is 4.68. The van der Waals surface area contributed by atoms with Crippen molar-refractivity contribution >= 4 is 27.8 Å². The van der Waals surface area contributed by atoms with Crippen molar-refractivity contribution in [2.75, 3.05) is 0 Å². The number of hydrogen-bond acceptors (Lipinski definition) is 3. The summed E-state index contributed by atoms with van der Waals surface area (Å²) in [5.41, 5.74) is 1.07. The average Bonchev–Trinajstić information content (AvgIpc) is 2.60. The number of benzene rings is 1. The van der Waals surface area contributed by atoms with Gasteiger partial charge in [0, 0.05) is 6.42 Å². The Balaban J connectivity index is 2.14.